The van der Waals surface area contributed by atoms with E-state index in [0.717, 1.165) is 77.0 Å². The number of carboxylic acids is 1. The number of halogens is 3. The third-order valence-electron chi connectivity index (χ3n) is 6.00. The number of aryl methyl sites for hydroxylation is 1. The Morgan fingerprint density at radius 3 is 2.32 bits per heavy atom. The first-order valence-electron chi connectivity index (χ1n) is 10.5. The van der Waals surface area contributed by atoms with Crippen molar-refractivity contribution in [3.8, 4) is 5.75 Å². The summed E-state index contributed by atoms with van der Waals surface area (Å²) in [5.74, 6) is -0.0705. The van der Waals surface area contributed by atoms with Crippen molar-refractivity contribution in [2.45, 2.75) is 58.5 Å². The third kappa shape index (κ3) is 5.69. The standard InChI is InChI=1S/C25H27F3O3/c1-16-17(2)23(13-9-18(16)10-14-24(29)30)31-15-20-5-3-4-6-22(20)19-7-11-21(12-8-19)25(26,27)28/h7-9,11-13H,3-6,10,14-15H2,1-2H3,(H,29,30). The summed E-state index contributed by atoms with van der Waals surface area (Å²) in [5.41, 5.74) is 5.39. The topological polar surface area (TPSA) is 46.5 Å². The summed E-state index contributed by atoms with van der Waals surface area (Å²) in [6, 6.07) is 9.16. The number of alkyl halides is 3. The molecule has 0 spiro atoms. The molecule has 0 aromatic heterocycles. The molecule has 2 aromatic carbocycles. The van der Waals surface area contributed by atoms with Gasteiger partial charge in [0.05, 0.1) is 5.56 Å². The molecule has 0 heterocycles. The predicted molar refractivity (Wildman–Crippen MR) is 114 cm³/mol. The summed E-state index contributed by atoms with van der Waals surface area (Å²) in [6.07, 6.45) is -0.0285. The fourth-order valence-electron chi connectivity index (χ4n) is 4.02. The molecule has 166 valence electrons. The molecule has 3 rings (SSSR count). The lowest BCUT2D eigenvalue weighted by Gasteiger charge is -2.22. The molecular formula is C25H27F3O3. The summed E-state index contributed by atoms with van der Waals surface area (Å²) in [7, 11) is 0. The fourth-order valence-corrected chi connectivity index (χ4v) is 4.02. The highest BCUT2D eigenvalue weighted by molar-refractivity contribution is 5.70. The van der Waals surface area contributed by atoms with E-state index in [1.807, 2.05) is 26.0 Å². The maximum absolute atomic E-state index is 12.9. The van der Waals surface area contributed by atoms with Gasteiger partial charge in [0.2, 0.25) is 0 Å². The molecule has 0 radical (unpaired) electrons. The van der Waals surface area contributed by atoms with E-state index in [0.29, 0.717) is 13.0 Å². The highest BCUT2D eigenvalue weighted by Crippen LogP contribution is 2.35. The molecule has 0 saturated heterocycles. The van der Waals surface area contributed by atoms with E-state index < -0.39 is 17.7 Å². The number of ether oxygens (including phenoxy) is 1. The molecule has 31 heavy (non-hydrogen) atoms. The van der Waals surface area contributed by atoms with Crippen molar-refractivity contribution in [3.63, 3.8) is 0 Å². The molecule has 2 aromatic rings. The summed E-state index contributed by atoms with van der Waals surface area (Å²) < 4.78 is 44.7. The molecule has 1 aliphatic rings. The van der Waals surface area contributed by atoms with Crippen LogP contribution >= 0.6 is 0 Å². The number of carboxylic acid groups (broad SMARTS) is 1. The second-order valence-corrected chi connectivity index (χ2v) is 8.02. The molecule has 6 heteroatoms. The van der Waals surface area contributed by atoms with Gasteiger partial charge in [0.1, 0.15) is 12.4 Å². The summed E-state index contributed by atoms with van der Waals surface area (Å²) in [6.45, 7) is 4.32. The van der Waals surface area contributed by atoms with Crippen molar-refractivity contribution in [2.24, 2.45) is 0 Å². The highest BCUT2D eigenvalue weighted by atomic mass is 19.4. The minimum Gasteiger partial charge on any atom is -0.489 e. The van der Waals surface area contributed by atoms with Crippen LogP contribution in [0.3, 0.4) is 0 Å². The van der Waals surface area contributed by atoms with Crippen LogP contribution in [-0.2, 0) is 17.4 Å². The number of benzene rings is 2. The zero-order valence-corrected chi connectivity index (χ0v) is 17.8. The third-order valence-corrected chi connectivity index (χ3v) is 6.00. The highest BCUT2D eigenvalue weighted by Gasteiger charge is 2.30. The number of carbonyl (C=O) groups is 1. The quantitative estimate of drug-likeness (QED) is 0.527. The number of rotatable bonds is 7. The first-order valence-corrected chi connectivity index (χ1v) is 10.5. The molecule has 0 saturated carbocycles. The van der Waals surface area contributed by atoms with Gasteiger partial charge in [0.25, 0.3) is 0 Å². The van der Waals surface area contributed by atoms with Crippen molar-refractivity contribution in [1.29, 1.82) is 0 Å². The Bertz CT molecular complexity index is 973. The molecular weight excluding hydrogens is 405 g/mol. The van der Waals surface area contributed by atoms with Crippen molar-refractivity contribution >= 4 is 11.5 Å². The lowest BCUT2D eigenvalue weighted by Crippen LogP contribution is -2.10. The maximum atomic E-state index is 12.9. The molecule has 0 aliphatic heterocycles. The minimum atomic E-state index is -4.34. The second kappa shape index (κ2) is 9.58. The molecule has 0 unspecified atom stereocenters. The van der Waals surface area contributed by atoms with E-state index in [1.54, 1.807) is 12.1 Å². The van der Waals surface area contributed by atoms with Gasteiger partial charge in [0, 0.05) is 6.42 Å². The molecule has 0 fully saturated rings. The van der Waals surface area contributed by atoms with E-state index in [4.69, 9.17) is 9.84 Å². The van der Waals surface area contributed by atoms with Crippen LogP contribution in [0, 0.1) is 13.8 Å². The molecule has 1 N–H and O–H groups in total. The number of aliphatic carboxylic acids is 1. The lowest BCUT2D eigenvalue weighted by atomic mass is 9.87. The summed E-state index contributed by atoms with van der Waals surface area (Å²) >= 11 is 0. The summed E-state index contributed by atoms with van der Waals surface area (Å²) in [4.78, 5) is 10.8. The average molecular weight is 432 g/mol. The maximum Gasteiger partial charge on any atom is 0.416 e. The number of hydrogen-bond donors (Lipinski definition) is 1. The fraction of sp³-hybridized carbons (Fsp3) is 0.400. The Morgan fingerprint density at radius 2 is 1.68 bits per heavy atom. The number of allylic oxidation sites excluding steroid dienone is 1. The van der Waals surface area contributed by atoms with Gasteiger partial charge in [-0.05, 0) is 97.6 Å². The van der Waals surface area contributed by atoms with Gasteiger partial charge in [-0.15, -0.1) is 0 Å². The van der Waals surface area contributed by atoms with Crippen LogP contribution in [-0.4, -0.2) is 17.7 Å². The monoisotopic (exact) mass is 432 g/mol. The van der Waals surface area contributed by atoms with Gasteiger partial charge in [0.15, 0.2) is 0 Å². The van der Waals surface area contributed by atoms with E-state index >= 15 is 0 Å². The lowest BCUT2D eigenvalue weighted by molar-refractivity contribution is -0.138. The van der Waals surface area contributed by atoms with Crippen molar-refractivity contribution in [1.82, 2.24) is 0 Å². The van der Waals surface area contributed by atoms with E-state index in [1.165, 1.54) is 0 Å². The average Bonchev–Trinajstić information content (AvgIpc) is 2.73. The summed E-state index contributed by atoms with van der Waals surface area (Å²) in [5, 5.41) is 8.91. The molecule has 3 nitrogen and oxygen atoms in total. The van der Waals surface area contributed by atoms with Crippen LogP contribution in [0.25, 0.3) is 5.57 Å². The second-order valence-electron chi connectivity index (χ2n) is 8.02. The molecule has 0 amide bonds. The van der Waals surface area contributed by atoms with Crippen molar-refractivity contribution in [3.05, 3.63) is 69.8 Å². The van der Waals surface area contributed by atoms with Crippen LogP contribution < -0.4 is 4.74 Å². The van der Waals surface area contributed by atoms with Gasteiger partial charge < -0.3 is 9.84 Å². The van der Waals surface area contributed by atoms with Crippen LogP contribution in [0.2, 0.25) is 0 Å². The first-order chi connectivity index (χ1) is 14.7. The Labute approximate surface area is 180 Å². The Morgan fingerprint density at radius 1 is 1.00 bits per heavy atom. The van der Waals surface area contributed by atoms with Crippen LogP contribution in [0.4, 0.5) is 13.2 Å². The first kappa shape index (κ1) is 22.9. The van der Waals surface area contributed by atoms with Crippen LogP contribution in [0.15, 0.2) is 42.0 Å². The zero-order chi connectivity index (χ0) is 22.6. The van der Waals surface area contributed by atoms with Gasteiger partial charge in [-0.25, -0.2) is 0 Å². The predicted octanol–water partition coefficient (Wildman–Crippen LogP) is 6.75. The SMILES string of the molecule is Cc1c(CCC(=O)O)ccc(OCC2=C(c3ccc(C(F)(F)F)cc3)CCCC2)c1C. The van der Waals surface area contributed by atoms with Crippen molar-refractivity contribution in [2.75, 3.05) is 6.61 Å². The van der Waals surface area contributed by atoms with Crippen LogP contribution in [0.1, 0.15) is 59.9 Å². The Kier molecular flexibility index (Phi) is 7.08. The van der Waals surface area contributed by atoms with Crippen molar-refractivity contribution < 1.29 is 27.8 Å². The zero-order valence-electron chi connectivity index (χ0n) is 17.8. The smallest absolute Gasteiger partial charge is 0.416 e. The van der Waals surface area contributed by atoms with Gasteiger partial charge >= 0.3 is 12.1 Å². The van der Waals surface area contributed by atoms with Gasteiger partial charge in [-0.3, -0.25) is 4.79 Å². The largest absolute Gasteiger partial charge is 0.489 e. The van der Waals surface area contributed by atoms with Crippen LogP contribution in [0.5, 0.6) is 5.75 Å². The Hall–Kier alpha value is -2.76. The molecule has 0 bridgehead atoms. The minimum absolute atomic E-state index is 0.0872. The van der Waals surface area contributed by atoms with E-state index in [2.05, 4.69) is 0 Å². The Balaban J connectivity index is 1.78. The number of hydrogen-bond acceptors (Lipinski definition) is 2. The van der Waals surface area contributed by atoms with Gasteiger partial charge in [-0.1, -0.05) is 18.2 Å². The normalized spacial score (nSPS) is 14.6. The van der Waals surface area contributed by atoms with Gasteiger partial charge in [-0.2, -0.15) is 13.2 Å². The molecule has 1 aliphatic carbocycles. The van der Waals surface area contributed by atoms with E-state index in [-0.39, 0.29) is 6.42 Å². The van der Waals surface area contributed by atoms with E-state index in [9.17, 15) is 18.0 Å². The molecule has 0 atom stereocenters.